The number of hydrogen-bond donors (Lipinski definition) is 11. The Hall–Kier alpha value is -2.76. The molecule has 58 heavy (non-hydrogen) atoms. The monoisotopic (exact) mass is 936 g/mol. The number of nitrogens with one attached hydrogen (secondary N) is 4. The molecular weight excluding hydrogens is 893 g/mol. The van der Waals surface area contributed by atoms with Crippen LogP contribution in [0.25, 0.3) is 11.0 Å². The van der Waals surface area contributed by atoms with Crippen molar-refractivity contribution in [3.63, 3.8) is 0 Å². The fourth-order valence-corrected chi connectivity index (χ4v) is 10.1. The van der Waals surface area contributed by atoms with Crippen LogP contribution < -0.4 is 27.0 Å². The molecule has 6 unspecified atom stereocenters. The second-order valence-corrected chi connectivity index (χ2v) is 19.2. The third-order valence-electron chi connectivity index (χ3n) is 7.45. The van der Waals surface area contributed by atoms with Crippen molar-refractivity contribution in [2.45, 2.75) is 63.1 Å². The molecule has 2 aromatic heterocycles. The number of carbonyl (C=O) groups is 4. The van der Waals surface area contributed by atoms with Crippen LogP contribution in [-0.2, 0) is 46.0 Å². The average Bonchev–Trinajstić information content (AvgIpc) is 3.70. The number of nitrogens with zero attached hydrogens (tertiary/aromatic N) is 3. The molecule has 1 saturated heterocycles. The van der Waals surface area contributed by atoms with Gasteiger partial charge in [-0.2, -0.15) is 21.3 Å². The molecule has 4 amide bonds. The Kier molecular flexibility index (Phi) is 19.9. The van der Waals surface area contributed by atoms with E-state index in [1.807, 2.05) is 6.92 Å². The maximum Gasteiger partial charge on any atom is 0.490 e. The zero-order valence-electron chi connectivity index (χ0n) is 30.4. The predicted molar refractivity (Wildman–Crippen MR) is 213 cm³/mol. The second kappa shape index (κ2) is 23.3. The number of fused-ring (bicyclic) bond motifs is 1. The highest BCUT2D eigenvalue weighted by atomic mass is 33.1. The van der Waals surface area contributed by atoms with E-state index in [2.05, 4.69) is 68.8 Å². The number of aliphatic hydroxyl groups excluding tert-OH is 1. The number of phosphoric ester groups is 1. The van der Waals surface area contributed by atoms with E-state index < -0.39 is 72.5 Å². The Morgan fingerprint density at radius 1 is 1.12 bits per heavy atom. The third kappa shape index (κ3) is 16.7. The topological polar surface area (TPSA) is 362 Å². The lowest BCUT2D eigenvalue weighted by atomic mass is 10.2. The van der Waals surface area contributed by atoms with Crippen LogP contribution in [-0.4, -0.2) is 125 Å². The van der Waals surface area contributed by atoms with E-state index in [4.69, 9.17) is 20.3 Å². The van der Waals surface area contributed by atoms with E-state index in [9.17, 15) is 47.8 Å². The lowest BCUT2D eigenvalue weighted by molar-refractivity contribution is -0.122. The summed E-state index contributed by atoms with van der Waals surface area (Å²) in [5.41, 5.74) is 6.64. The number of amides is 4. The Labute approximate surface area is 344 Å². The molecule has 24 nitrogen and oxygen atoms in total. The van der Waals surface area contributed by atoms with E-state index in [0.717, 1.165) is 30.1 Å². The molecule has 0 bridgehead atoms. The van der Waals surface area contributed by atoms with Gasteiger partial charge >= 0.3 is 29.5 Å². The summed E-state index contributed by atoms with van der Waals surface area (Å²) >= 11 is 4.00. The fourth-order valence-electron chi connectivity index (χ4n) is 4.86. The molecule has 0 spiro atoms. The number of anilines is 1. The number of hydrogen-bond acceptors (Lipinski definition) is 18. The molecule has 1 aliphatic rings. The van der Waals surface area contributed by atoms with Crippen LogP contribution in [0.2, 0.25) is 0 Å². The number of ether oxygens (including phenoxy) is 1. The molecule has 0 aromatic carbocycles. The number of nitrogens with two attached hydrogens (primary N) is 1. The summed E-state index contributed by atoms with van der Waals surface area (Å²) < 4.78 is 53.8. The van der Waals surface area contributed by atoms with Crippen molar-refractivity contribution in [3.05, 3.63) is 18.1 Å². The highest BCUT2D eigenvalue weighted by Crippen LogP contribution is 2.66. The van der Waals surface area contributed by atoms with Gasteiger partial charge in [-0.15, -0.1) is 0 Å². The molecule has 3 rings (SSSR count). The molecule has 324 valence electrons. The van der Waals surface area contributed by atoms with Gasteiger partial charge in [-0.25, -0.2) is 28.5 Å². The normalized spacial score (nSPS) is 19.8. The zero-order valence-corrected chi connectivity index (χ0v) is 35.7. The molecule has 0 saturated carbocycles. The second-order valence-electron chi connectivity index (χ2n) is 11.9. The third-order valence-corrected chi connectivity index (χ3v) is 13.9. The SMILES string of the molecule is CCCCCNC(=O)C(CSSCC(=O)NCC#Cc1cn(C2CC(O)C(COP(=O)(O)OP(=O)(O)OP(=O)(O)O)O2)c2ncnc(N)c12)NC(=O)N[C@H](C=O)CS. The lowest BCUT2D eigenvalue weighted by Crippen LogP contribution is -2.53. The van der Waals surface area contributed by atoms with Crippen LogP contribution in [0.3, 0.4) is 0 Å². The molecule has 11 N–H and O–H groups in total. The van der Waals surface area contributed by atoms with Gasteiger partial charge in [0.05, 0.1) is 42.0 Å². The van der Waals surface area contributed by atoms with Gasteiger partial charge in [0.15, 0.2) is 0 Å². The van der Waals surface area contributed by atoms with Gasteiger partial charge in [-0.1, -0.05) is 53.2 Å². The van der Waals surface area contributed by atoms with Crippen molar-refractivity contribution in [2.24, 2.45) is 0 Å². The van der Waals surface area contributed by atoms with Gasteiger partial charge < -0.3 is 65.8 Å². The first-order valence-corrected chi connectivity index (χ1v) is 24.6. The highest BCUT2D eigenvalue weighted by Gasteiger charge is 2.43. The van der Waals surface area contributed by atoms with Gasteiger partial charge in [0, 0.05) is 30.7 Å². The van der Waals surface area contributed by atoms with Crippen molar-refractivity contribution in [1.29, 1.82) is 0 Å². The quantitative estimate of drug-likeness (QED) is 0.0178. The number of thiol groups is 1. The van der Waals surface area contributed by atoms with Crippen LogP contribution >= 0.6 is 57.7 Å². The fraction of sp³-hybridized carbons (Fsp3) is 0.571. The number of nitrogen functional groups attached to an aromatic ring is 1. The van der Waals surface area contributed by atoms with E-state index in [0.29, 0.717) is 23.8 Å². The Bertz CT molecular complexity index is 1970. The Morgan fingerprint density at radius 2 is 1.86 bits per heavy atom. The maximum atomic E-state index is 12.8. The summed E-state index contributed by atoms with van der Waals surface area (Å²) in [6.45, 7) is 1.46. The minimum atomic E-state index is -5.75. The van der Waals surface area contributed by atoms with Gasteiger partial charge in [-0.05, 0) is 6.42 Å². The van der Waals surface area contributed by atoms with E-state index in [-0.39, 0.29) is 47.6 Å². The van der Waals surface area contributed by atoms with Crippen molar-refractivity contribution in [2.75, 3.05) is 42.7 Å². The van der Waals surface area contributed by atoms with Gasteiger partial charge in [-0.3, -0.25) is 14.1 Å². The van der Waals surface area contributed by atoms with Crippen LogP contribution in [0.1, 0.15) is 44.4 Å². The standard InChI is InChI=1S/C28H43N8O16P3S3/c1-2-3-4-7-31-27(40)19(35-28(41)34-18(11-37)13-56)14-57-58-15-22(39)30-8-5-6-17-10-36(26-24(17)25(29)32-16-33-26)23-9-20(38)21(50-23)12-49-54(45,46)52-55(47,48)51-53(42,43)44/h10-11,16,18-21,23,38,56H,2-4,7-9,12-15H2,1H3,(H,30,39)(H,31,40)(H,45,46)(H,47,48)(H2,29,32,33)(H2,34,35,41)(H2,42,43,44)/t18-,19?,20?,21?,23?/m1/s1. The van der Waals surface area contributed by atoms with Crippen molar-refractivity contribution >= 4 is 98.7 Å². The molecule has 30 heteroatoms. The Balaban J connectivity index is 1.57. The number of rotatable bonds is 23. The number of phosphoric acid groups is 3. The summed E-state index contributed by atoms with van der Waals surface area (Å²) in [6.07, 6.45) is 2.06. The van der Waals surface area contributed by atoms with Crippen molar-refractivity contribution < 1.29 is 75.4 Å². The van der Waals surface area contributed by atoms with Crippen LogP contribution in [0.15, 0.2) is 12.5 Å². The summed E-state index contributed by atoms with van der Waals surface area (Å²) in [6, 6.07) is -2.51. The number of aliphatic hydroxyl groups is 1. The lowest BCUT2D eigenvalue weighted by Gasteiger charge is -2.19. The van der Waals surface area contributed by atoms with Crippen LogP contribution in [0, 0.1) is 11.8 Å². The molecule has 3 heterocycles. The summed E-state index contributed by atoms with van der Waals surface area (Å²) in [5, 5.41) is 21.3. The first kappa shape index (κ1) is 49.6. The number of unbranched alkanes of at least 4 members (excludes halogenated alkanes) is 2. The summed E-state index contributed by atoms with van der Waals surface area (Å²) in [5.74, 6) is 5.06. The minimum Gasteiger partial charge on any atom is -0.390 e. The average molecular weight is 937 g/mol. The van der Waals surface area contributed by atoms with Gasteiger partial charge in [0.2, 0.25) is 11.8 Å². The van der Waals surface area contributed by atoms with Crippen LogP contribution in [0.5, 0.6) is 0 Å². The molecule has 1 fully saturated rings. The molecule has 1 aliphatic heterocycles. The summed E-state index contributed by atoms with van der Waals surface area (Å²) in [7, 11) is -14.5. The van der Waals surface area contributed by atoms with Gasteiger partial charge in [0.25, 0.3) is 0 Å². The van der Waals surface area contributed by atoms with Gasteiger partial charge in [0.1, 0.15) is 42.5 Å². The van der Waals surface area contributed by atoms with E-state index >= 15 is 0 Å². The number of urea groups is 1. The maximum absolute atomic E-state index is 12.8. The first-order valence-electron chi connectivity index (χ1n) is 16.9. The molecule has 2 aromatic rings. The van der Waals surface area contributed by atoms with E-state index in [1.165, 1.54) is 27.9 Å². The van der Waals surface area contributed by atoms with E-state index in [1.54, 1.807) is 0 Å². The predicted octanol–water partition coefficient (Wildman–Crippen LogP) is 0.326. The van der Waals surface area contributed by atoms with Crippen molar-refractivity contribution in [3.8, 4) is 11.8 Å². The number of aromatic nitrogens is 3. The molecule has 0 aliphatic carbocycles. The first-order chi connectivity index (χ1) is 27.3. The molecular formula is C28H43N8O16P3S3. The molecule has 7 atom stereocenters. The summed E-state index contributed by atoms with van der Waals surface area (Å²) in [4.78, 5) is 93.4. The molecule has 0 radical (unpaired) electrons. The highest BCUT2D eigenvalue weighted by molar-refractivity contribution is 8.76. The van der Waals surface area contributed by atoms with Crippen LogP contribution in [0.4, 0.5) is 10.6 Å². The minimum absolute atomic E-state index is 0.0269. The smallest absolute Gasteiger partial charge is 0.390 e. The Morgan fingerprint density at radius 3 is 2.53 bits per heavy atom. The van der Waals surface area contributed by atoms with Crippen molar-refractivity contribution in [1.82, 2.24) is 35.8 Å². The number of carbonyl (C=O) groups excluding carboxylic acids is 4. The largest absolute Gasteiger partial charge is 0.490 e. The zero-order chi connectivity index (χ0) is 43.1. The number of aldehydes is 1.